The van der Waals surface area contributed by atoms with Crippen LogP contribution in [-0.2, 0) is 6.42 Å². The van der Waals surface area contributed by atoms with Crippen molar-refractivity contribution in [2.75, 3.05) is 5.88 Å². The second kappa shape index (κ2) is 5.22. The molecular weight excluding hydrogens is 312 g/mol. The summed E-state index contributed by atoms with van der Waals surface area (Å²) in [7, 11) is 0. The topological polar surface area (TPSA) is 17.8 Å². The van der Waals surface area contributed by atoms with Gasteiger partial charge in [0.2, 0.25) is 0 Å². The van der Waals surface area contributed by atoms with E-state index in [0.29, 0.717) is 6.04 Å². The van der Waals surface area contributed by atoms with Crippen LogP contribution in [0.2, 0.25) is 0 Å². The van der Waals surface area contributed by atoms with Crippen molar-refractivity contribution in [3.63, 3.8) is 0 Å². The maximum Gasteiger partial charge on any atom is 0.110 e. The highest BCUT2D eigenvalue weighted by Crippen LogP contribution is 2.39. The summed E-state index contributed by atoms with van der Waals surface area (Å²) >= 11 is 9.26. The van der Waals surface area contributed by atoms with Crippen molar-refractivity contribution in [2.45, 2.75) is 38.1 Å². The van der Waals surface area contributed by atoms with E-state index in [2.05, 4.69) is 38.7 Å². The Bertz CT molecular complexity index is 560. The molecule has 1 aromatic heterocycles. The quantitative estimate of drug-likeness (QED) is 0.575. The van der Waals surface area contributed by atoms with Crippen molar-refractivity contribution >= 4 is 38.6 Å². The van der Waals surface area contributed by atoms with E-state index >= 15 is 0 Å². The monoisotopic (exact) mass is 326 g/mol. The van der Waals surface area contributed by atoms with Crippen LogP contribution in [-0.4, -0.2) is 15.4 Å². The normalized spacial score (nSPS) is 15.4. The molecule has 1 heterocycles. The Morgan fingerprint density at radius 2 is 2.17 bits per heavy atom. The largest absolute Gasteiger partial charge is 0.325 e. The van der Waals surface area contributed by atoms with Gasteiger partial charge in [0.25, 0.3) is 0 Å². The summed E-state index contributed by atoms with van der Waals surface area (Å²) in [5, 5.41) is 0. The molecule has 96 valence electrons. The van der Waals surface area contributed by atoms with Crippen molar-refractivity contribution < 1.29 is 0 Å². The van der Waals surface area contributed by atoms with E-state index in [1.54, 1.807) is 0 Å². The Balaban J connectivity index is 1.98. The smallest absolute Gasteiger partial charge is 0.110 e. The lowest BCUT2D eigenvalue weighted by atomic mass is 10.2. The third kappa shape index (κ3) is 2.43. The SMILES string of the molecule is ClCCCCc1nc2cc(Br)ccc2n1C1CC1. The highest BCUT2D eigenvalue weighted by atomic mass is 79.9. The molecule has 0 atom stereocenters. The van der Waals surface area contributed by atoms with Crippen molar-refractivity contribution in [2.24, 2.45) is 0 Å². The molecule has 2 nitrogen and oxygen atoms in total. The standard InChI is InChI=1S/C14H16BrClN2/c15-10-4-7-13-12(9-10)17-14(3-1-2-8-16)18(13)11-5-6-11/h4,7,9,11H,1-3,5-6,8H2. The minimum Gasteiger partial charge on any atom is -0.325 e. The van der Waals surface area contributed by atoms with E-state index < -0.39 is 0 Å². The zero-order valence-electron chi connectivity index (χ0n) is 10.2. The number of aryl methyl sites for hydroxylation is 1. The Morgan fingerprint density at radius 3 is 2.89 bits per heavy atom. The number of fused-ring (bicyclic) bond motifs is 1. The van der Waals surface area contributed by atoms with Gasteiger partial charge in [0, 0.05) is 22.8 Å². The van der Waals surface area contributed by atoms with Crippen LogP contribution in [0.5, 0.6) is 0 Å². The third-order valence-electron chi connectivity index (χ3n) is 3.42. The average Bonchev–Trinajstić information content (AvgIpc) is 3.12. The second-order valence-corrected chi connectivity index (χ2v) is 6.20. The van der Waals surface area contributed by atoms with E-state index in [1.807, 2.05) is 0 Å². The first kappa shape index (κ1) is 12.5. The highest BCUT2D eigenvalue weighted by molar-refractivity contribution is 9.10. The average molecular weight is 328 g/mol. The number of aromatic nitrogens is 2. The summed E-state index contributed by atoms with van der Waals surface area (Å²) in [6, 6.07) is 7.07. The number of rotatable bonds is 5. The number of alkyl halides is 1. The van der Waals surface area contributed by atoms with Gasteiger partial charge in [0.1, 0.15) is 5.82 Å². The van der Waals surface area contributed by atoms with Crippen LogP contribution in [0.4, 0.5) is 0 Å². The molecule has 0 N–H and O–H groups in total. The fourth-order valence-electron chi connectivity index (χ4n) is 2.42. The predicted molar refractivity (Wildman–Crippen MR) is 79.4 cm³/mol. The summed E-state index contributed by atoms with van der Waals surface area (Å²) in [4.78, 5) is 4.80. The minimum absolute atomic E-state index is 0.683. The van der Waals surface area contributed by atoms with Gasteiger partial charge in [0.15, 0.2) is 0 Å². The van der Waals surface area contributed by atoms with Gasteiger partial charge in [0.05, 0.1) is 11.0 Å². The van der Waals surface area contributed by atoms with Crippen LogP contribution in [0.25, 0.3) is 11.0 Å². The molecule has 1 fully saturated rings. The van der Waals surface area contributed by atoms with Crippen LogP contribution in [0.15, 0.2) is 22.7 Å². The zero-order chi connectivity index (χ0) is 12.5. The first-order chi connectivity index (χ1) is 8.79. The van der Waals surface area contributed by atoms with Crippen LogP contribution >= 0.6 is 27.5 Å². The second-order valence-electron chi connectivity index (χ2n) is 4.91. The lowest BCUT2D eigenvalue weighted by molar-refractivity contribution is 0.665. The van der Waals surface area contributed by atoms with Crippen molar-refractivity contribution in [1.29, 1.82) is 0 Å². The molecule has 0 spiro atoms. The molecule has 1 aliphatic rings. The molecule has 1 aliphatic carbocycles. The van der Waals surface area contributed by atoms with Crippen LogP contribution in [0, 0.1) is 0 Å². The third-order valence-corrected chi connectivity index (χ3v) is 4.18. The molecule has 0 saturated heterocycles. The van der Waals surface area contributed by atoms with Gasteiger partial charge < -0.3 is 4.57 Å². The molecule has 0 bridgehead atoms. The molecule has 0 aliphatic heterocycles. The highest BCUT2D eigenvalue weighted by Gasteiger charge is 2.27. The Morgan fingerprint density at radius 1 is 1.33 bits per heavy atom. The maximum absolute atomic E-state index is 5.75. The van der Waals surface area contributed by atoms with Gasteiger partial charge in [-0.3, -0.25) is 0 Å². The van der Waals surface area contributed by atoms with Gasteiger partial charge in [-0.25, -0.2) is 4.98 Å². The lowest BCUT2D eigenvalue weighted by Crippen LogP contribution is -2.01. The molecule has 18 heavy (non-hydrogen) atoms. The molecule has 4 heteroatoms. The van der Waals surface area contributed by atoms with Gasteiger partial charge in [-0.05, 0) is 43.9 Å². The van der Waals surface area contributed by atoms with Gasteiger partial charge in [-0.15, -0.1) is 11.6 Å². The van der Waals surface area contributed by atoms with Crippen LogP contribution in [0.1, 0.15) is 37.5 Å². The Hall–Kier alpha value is -0.540. The molecular formula is C14H16BrClN2. The molecule has 0 amide bonds. The number of nitrogens with zero attached hydrogens (tertiary/aromatic N) is 2. The summed E-state index contributed by atoms with van der Waals surface area (Å²) in [6.45, 7) is 0. The first-order valence-corrected chi connectivity index (χ1v) is 7.84. The number of hydrogen-bond donors (Lipinski definition) is 0. The number of imidazole rings is 1. The first-order valence-electron chi connectivity index (χ1n) is 6.52. The number of hydrogen-bond acceptors (Lipinski definition) is 1. The van der Waals surface area contributed by atoms with Crippen LogP contribution in [0.3, 0.4) is 0 Å². The number of unbranched alkanes of at least 4 members (excludes halogenated alkanes) is 1. The fraction of sp³-hybridized carbons (Fsp3) is 0.500. The zero-order valence-corrected chi connectivity index (χ0v) is 12.5. The molecule has 1 saturated carbocycles. The lowest BCUT2D eigenvalue weighted by Gasteiger charge is -2.07. The van der Waals surface area contributed by atoms with E-state index in [0.717, 1.165) is 35.1 Å². The van der Waals surface area contributed by atoms with Crippen molar-refractivity contribution in [3.05, 3.63) is 28.5 Å². The van der Waals surface area contributed by atoms with Crippen molar-refractivity contribution in [1.82, 2.24) is 9.55 Å². The molecule has 0 unspecified atom stereocenters. The van der Waals surface area contributed by atoms with Gasteiger partial charge >= 0.3 is 0 Å². The maximum atomic E-state index is 5.75. The molecule has 0 radical (unpaired) electrons. The number of benzene rings is 1. The fourth-order valence-corrected chi connectivity index (χ4v) is 2.95. The summed E-state index contributed by atoms with van der Waals surface area (Å²) in [5.41, 5.74) is 2.39. The Labute approximate surface area is 120 Å². The Kier molecular flexibility index (Phi) is 3.62. The molecule has 1 aromatic carbocycles. The van der Waals surface area contributed by atoms with Gasteiger partial charge in [-0.1, -0.05) is 15.9 Å². The molecule has 2 aromatic rings. The van der Waals surface area contributed by atoms with Crippen LogP contribution < -0.4 is 0 Å². The number of halogens is 2. The minimum atomic E-state index is 0.683. The predicted octanol–water partition coefficient (Wildman–Crippen LogP) is 4.70. The summed E-state index contributed by atoms with van der Waals surface area (Å²) < 4.78 is 3.54. The van der Waals surface area contributed by atoms with E-state index in [4.69, 9.17) is 16.6 Å². The van der Waals surface area contributed by atoms with E-state index in [9.17, 15) is 0 Å². The van der Waals surface area contributed by atoms with Crippen molar-refractivity contribution in [3.8, 4) is 0 Å². The van der Waals surface area contributed by atoms with Gasteiger partial charge in [-0.2, -0.15) is 0 Å². The summed E-state index contributed by atoms with van der Waals surface area (Å²) in [6.07, 6.45) is 5.82. The van der Waals surface area contributed by atoms with E-state index in [1.165, 1.54) is 24.2 Å². The van der Waals surface area contributed by atoms with E-state index in [-0.39, 0.29) is 0 Å². The molecule has 3 rings (SSSR count). The summed E-state index contributed by atoms with van der Waals surface area (Å²) in [5.74, 6) is 1.98.